The smallest absolute Gasteiger partial charge is 0.145 e. The van der Waals surface area contributed by atoms with Crippen LogP contribution < -0.4 is 10.5 Å². The minimum atomic E-state index is 0.731. The standard InChI is InChI=1S/C15H20N2O/c1-12-8-9-13-6-5-7-14(15(13)17-12)18-11-4-2-3-10-16/h5-9H,2-4,10-11,16H2,1H3. The Morgan fingerprint density at radius 1 is 1.11 bits per heavy atom. The van der Waals surface area contributed by atoms with Gasteiger partial charge in [-0.15, -0.1) is 0 Å². The zero-order chi connectivity index (χ0) is 12.8. The van der Waals surface area contributed by atoms with E-state index in [1.807, 2.05) is 25.1 Å². The predicted molar refractivity (Wildman–Crippen MR) is 74.9 cm³/mol. The fourth-order valence-corrected chi connectivity index (χ4v) is 1.94. The molecule has 2 N–H and O–H groups in total. The Morgan fingerprint density at radius 3 is 2.83 bits per heavy atom. The van der Waals surface area contributed by atoms with Crippen LogP contribution in [0.4, 0.5) is 0 Å². The highest BCUT2D eigenvalue weighted by molar-refractivity contribution is 5.84. The number of hydrogen-bond acceptors (Lipinski definition) is 3. The third-order valence-corrected chi connectivity index (χ3v) is 2.93. The predicted octanol–water partition coefficient (Wildman–Crippen LogP) is 3.05. The van der Waals surface area contributed by atoms with Crippen molar-refractivity contribution in [1.82, 2.24) is 4.98 Å². The van der Waals surface area contributed by atoms with Crippen molar-refractivity contribution in [2.24, 2.45) is 5.73 Å². The van der Waals surface area contributed by atoms with Crippen molar-refractivity contribution in [1.29, 1.82) is 0 Å². The van der Waals surface area contributed by atoms with E-state index in [1.54, 1.807) is 0 Å². The number of fused-ring (bicyclic) bond motifs is 1. The summed E-state index contributed by atoms with van der Waals surface area (Å²) in [5.74, 6) is 0.879. The lowest BCUT2D eigenvalue weighted by Gasteiger charge is -2.09. The zero-order valence-corrected chi connectivity index (χ0v) is 10.9. The number of nitrogens with two attached hydrogens (primary N) is 1. The molecule has 0 spiro atoms. The average molecular weight is 244 g/mol. The molecule has 0 amide bonds. The molecule has 0 atom stereocenters. The quantitative estimate of drug-likeness (QED) is 0.794. The van der Waals surface area contributed by atoms with Crippen molar-refractivity contribution in [3.63, 3.8) is 0 Å². The minimum Gasteiger partial charge on any atom is -0.491 e. The van der Waals surface area contributed by atoms with Crippen molar-refractivity contribution >= 4 is 10.9 Å². The largest absolute Gasteiger partial charge is 0.491 e. The third-order valence-electron chi connectivity index (χ3n) is 2.93. The second-order valence-electron chi connectivity index (χ2n) is 4.48. The summed E-state index contributed by atoms with van der Waals surface area (Å²) in [5, 5.41) is 1.13. The lowest BCUT2D eigenvalue weighted by atomic mass is 10.2. The van der Waals surface area contributed by atoms with Crippen molar-refractivity contribution in [3.8, 4) is 5.75 Å². The van der Waals surface area contributed by atoms with E-state index in [0.717, 1.165) is 54.8 Å². The number of aromatic nitrogens is 1. The Morgan fingerprint density at radius 2 is 2.00 bits per heavy atom. The Balaban J connectivity index is 2.05. The Labute approximate surface area is 108 Å². The van der Waals surface area contributed by atoms with Gasteiger partial charge < -0.3 is 10.5 Å². The molecule has 1 aromatic heterocycles. The Bertz CT molecular complexity index is 511. The first-order valence-corrected chi connectivity index (χ1v) is 6.50. The van der Waals surface area contributed by atoms with E-state index in [1.165, 1.54) is 0 Å². The summed E-state index contributed by atoms with van der Waals surface area (Å²) in [5.41, 5.74) is 7.43. The summed E-state index contributed by atoms with van der Waals surface area (Å²) >= 11 is 0. The molecule has 0 aliphatic carbocycles. The molecular weight excluding hydrogens is 224 g/mol. The molecule has 0 fully saturated rings. The van der Waals surface area contributed by atoms with Gasteiger partial charge in [0, 0.05) is 11.1 Å². The van der Waals surface area contributed by atoms with Gasteiger partial charge in [-0.05, 0) is 44.9 Å². The molecule has 96 valence electrons. The third kappa shape index (κ3) is 3.20. The summed E-state index contributed by atoms with van der Waals surface area (Å²) in [7, 11) is 0. The molecule has 0 aliphatic rings. The second kappa shape index (κ2) is 6.36. The number of hydrogen-bond donors (Lipinski definition) is 1. The van der Waals surface area contributed by atoms with Crippen molar-refractivity contribution in [3.05, 3.63) is 36.0 Å². The fraction of sp³-hybridized carbons (Fsp3) is 0.400. The van der Waals surface area contributed by atoms with Gasteiger partial charge in [-0.3, -0.25) is 0 Å². The summed E-state index contributed by atoms with van der Waals surface area (Å²) in [4.78, 5) is 4.55. The number of nitrogens with zero attached hydrogens (tertiary/aromatic N) is 1. The van der Waals surface area contributed by atoms with Gasteiger partial charge in [-0.1, -0.05) is 18.2 Å². The van der Waals surface area contributed by atoms with Gasteiger partial charge in [-0.25, -0.2) is 4.98 Å². The van der Waals surface area contributed by atoms with Crippen molar-refractivity contribution in [2.45, 2.75) is 26.2 Å². The summed E-state index contributed by atoms with van der Waals surface area (Å²) in [6.07, 6.45) is 3.23. The topological polar surface area (TPSA) is 48.1 Å². The maximum Gasteiger partial charge on any atom is 0.145 e. The second-order valence-corrected chi connectivity index (χ2v) is 4.48. The molecule has 0 unspecified atom stereocenters. The maximum atomic E-state index is 5.82. The van der Waals surface area contributed by atoms with E-state index in [0.29, 0.717) is 0 Å². The highest BCUT2D eigenvalue weighted by Gasteiger charge is 2.03. The number of ether oxygens (including phenoxy) is 1. The number of rotatable bonds is 6. The van der Waals surface area contributed by atoms with E-state index < -0.39 is 0 Å². The van der Waals surface area contributed by atoms with Crippen LogP contribution in [0.3, 0.4) is 0 Å². The molecule has 3 heteroatoms. The fourth-order valence-electron chi connectivity index (χ4n) is 1.94. The van der Waals surface area contributed by atoms with Crippen molar-refractivity contribution < 1.29 is 4.74 Å². The lowest BCUT2D eigenvalue weighted by Crippen LogP contribution is -2.02. The normalized spacial score (nSPS) is 10.8. The molecule has 0 bridgehead atoms. The molecule has 3 nitrogen and oxygen atoms in total. The molecule has 0 saturated heterocycles. The van der Waals surface area contributed by atoms with Gasteiger partial charge in [0.25, 0.3) is 0 Å². The molecule has 2 aromatic rings. The van der Waals surface area contributed by atoms with E-state index >= 15 is 0 Å². The molecule has 0 saturated carbocycles. The van der Waals surface area contributed by atoms with Gasteiger partial charge in [0.15, 0.2) is 0 Å². The molecule has 1 aromatic carbocycles. The van der Waals surface area contributed by atoms with Crippen LogP contribution in [-0.4, -0.2) is 18.1 Å². The van der Waals surface area contributed by atoms with Gasteiger partial charge in [0.1, 0.15) is 11.3 Å². The maximum absolute atomic E-state index is 5.82. The Kier molecular flexibility index (Phi) is 4.53. The lowest BCUT2D eigenvalue weighted by molar-refractivity contribution is 0.308. The molecule has 1 heterocycles. The van der Waals surface area contributed by atoms with E-state index in [-0.39, 0.29) is 0 Å². The summed E-state index contributed by atoms with van der Waals surface area (Å²) in [6, 6.07) is 10.2. The number of unbranched alkanes of at least 4 members (excludes halogenated alkanes) is 2. The first kappa shape index (κ1) is 12.8. The van der Waals surface area contributed by atoms with Gasteiger partial charge in [0.2, 0.25) is 0 Å². The van der Waals surface area contributed by atoms with E-state index in [2.05, 4.69) is 17.1 Å². The first-order chi connectivity index (χ1) is 8.81. The average Bonchev–Trinajstić information content (AvgIpc) is 2.39. The van der Waals surface area contributed by atoms with Crippen LogP contribution in [0, 0.1) is 6.92 Å². The highest BCUT2D eigenvalue weighted by atomic mass is 16.5. The van der Waals surface area contributed by atoms with E-state index in [4.69, 9.17) is 10.5 Å². The minimum absolute atomic E-state index is 0.731. The van der Waals surface area contributed by atoms with Crippen LogP contribution in [0.1, 0.15) is 25.0 Å². The van der Waals surface area contributed by atoms with Crippen LogP contribution in [0.5, 0.6) is 5.75 Å². The van der Waals surface area contributed by atoms with Crippen LogP contribution in [0.2, 0.25) is 0 Å². The van der Waals surface area contributed by atoms with Gasteiger partial charge in [-0.2, -0.15) is 0 Å². The van der Waals surface area contributed by atoms with Crippen LogP contribution in [0.25, 0.3) is 10.9 Å². The molecule has 18 heavy (non-hydrogen) atoms. The van der Waals surface area contributed by atoms with Gasteiger partial charge in [0.05, 0.1) is 6.61 Å². The summed E-state index contributed by atoms with van der Waals surface area (Å²) < 4.78 is 5.82. The molecule has 0 radical (unpaired) electrons. The number of benzene rings is 1. The molecule has 0 aliphatic heterocycles. The Hall–Kier alpha value is -1.61. The first-order valence-electron chi connectivity index (χ1n) is 6.50. The van der Waals surface area contributed by atoms with Crippen LogP contribution in [0.15, 0.2) is 30.3 Å². The highest BCUT2D eigenvalue weighted by Crippen LogP contribution is 2.24. The van der Waals surface area contributed by atoms with Crippen molar-refractivity contribution in [2.75, 3.05) is 13.2 Å². The molecule has 2 rings (SSSR count). The molecular formula is C15H20N2O. The number of pyridine rings is 1. The van der Waals surface area contributed by atoms with Crippen LogP contribution in [-0.2, 0) is 0 Å². The zero-order valence-electron chi connectivity index (χ0n) is 10.9. The number of para-hydroxylation sites is 1. The summed E-state index contributed by atoms with van der Waals surface area (Å²) in [6.45, 7) is 3.49. The monoisotopic (exact) mass is 244 g/mol. The SMILES string of the molecule is Cc1ccc2cccc(OCCCCCN)c2n1. The number of aryl methyl sites for hydroxylation is 1. The van der Waals surface area contributed by atoms with Gasteiger partial charge >= 0.3 is 0 Å². The van der Waals surface area contributed by atoms with Crippen LogP contribution >= 0.6 is 0 Å². The van der Waals surface area contributed by atoms with E-state index in [9.17, 15) is 0 Å².